The lowest BCUT2D eigenvalue weighted by Crippen LogP contribution is -2.54. The highest BCUT2D eigenvalue weighted by atomic mass is 79.9. The highest BCUT2D eigenvalue weighted by molar-refractivity contribution is 9.11. The molecule has 25 heavy (non-hydrogen) atoms. The minimum Gasteiger partial charge on any atom is -0.497 e. The molecule has 2 aromatic carbocycles. The average Bonchev–Trinajstić information content (AvgIpc) is 2.59. The fourth-order valence-electron chi connectivity index (χ4n) is 2.86. The normalized spacial score (nSPS) is 11.2. The Morgan fingerprint density at radius 1 is 0.640 bits per heavy atom. The topological polar surface area (TPSA) is 36.9 Å². The molecule has 2 aromatic rings. The van der Waals surface area contributed by atoms with Crippen LogP contribution in [0.1, 0.15) is 0 Å². The first kappa shape index (κ1) is 20.1. The second-order valence-electron chi connectivity index (χ2n) is 6.01. The van der Waals surface area contributed by atoms with Crippen molar-refractivity contribution < 1.29 is 18.9 Å². The van der Waals surface area contributed by atoms with Gasteiger partial charge in [0.15, 0.2) is 0 Å². The first-order chi connectivity index (χ1) is 11.8. The molecule has 0 saturated carbocycles. The predicted octanol–water partition coefficient (Wildman–Crippen LogP) is 4.07. The summed E-state index contributed by atoms with van der Waals surface area (Å²) in [5.41, 5.74) is 0. The first-order valence-electron chi connectivity index (χ1n) is 7.64. The molecule has 0 heterocycles. The van der Waals surface area contributed by atoms with E-state index < -0.39 is 8.07 Å². The summed E-state index contributed by atoms with van der Waals surface area (Å²) < 4.78 is 24.0. The van der Waals surface area contributed by atoms with Crippen molar-refractivity contribution in [3.05, 3.63) is 33.2 Å². The molecule has 0 aromatic heterocycles. The molecule has 0 atom stereocenters. The van der Waals surface area contributed by atoms with Crippen LogP contribution in [-0.4, -0.2) is 36.5 Å². The van der Waals surface area contributed by atoms with Crippen LogP contribution in [0.2, 0.25) is 13.1 Å². The number of hydrogen-bond acceptors (Lipinski definition) is 4. The molecule has 136 valence electrons. The summed E-state index contributed by atoms with van der Waals surface area (Å²) in [5.74, 6) is 3.20. The van der Waals surface area contributed by atoms with Crippen molar-refractivity contribution >= 4 is 50.3 Å². The lowest BCUT2D eigenvalue weighted by Gasteiger charge is -2.29. The van der Waals surface area contributed by atoms with E-state index in [1.807, 2.05) is 24.3 Å². The summed E-state index contributed by atoms with van der Waals surface area (Å²) in [4.78, 5) is 0. The molecule has 0 N–H and O–H groups in total. The predicted molar refractivity (Wildman–Crippen MR) is 111 cm³/mol. The van der Waals surface area contributed by atoms with Gasteiger partial charge in [0.25, 0.3) is 0 Å². The maximum atomic E-state index is 5.69. The molecular formula is C18H22Br2O4Si. The van der Waals surface area contributed by atoms with E-state index in [1.54, 1.807) is 28.4 Å². The van der Waals surface area contributed by atoms with Crippen molar-refractivity contribution in [3.63, 3.8) is 0 Å². The van der Waals surface area contributed by atoms with E-state index in [2.05, 4.69) is 45.0 Å². The standard InChI is InChI=1S/C18H22Br2O4Si/c1-21-11-7-13(19)17(23-3)15(9-11)25(5,6)16-10-12(22-2)8-14(20)18(16)24-4/h7-10H,1-6H3. The quantitative estimate of drug-likeness (QED) is 0.573. The number of methoxy groups -OCH3 is 4. The molecule has 7 heteroatoms. The van der Waals surface area contributed by atoms with Gasteiger partial charge in [0.2, 0.25) is 0 Å². The summed E-state index contributed by atoms with van der Waals surface area (Å²) >= 11 is 7.19. The molecule has 0 amide bonds. The summed E-state index contributed by atoms with van der Waals surface area (Å²) in [6.45, 7) is 4.50. The lowest BCUT2D eigenvalue weighted by atomic mass is 10.3. The zero-order chi connectivity index (χ0) is 18.8. The van der Waals surface area contributed by atoms with E-state index >= 15 is 0 Å². The van der Waals surface area contributed by atoms with Crippen LogP contribution in [0, 0.1) is 0 Å². The minimum absolute atomic E-state index is 0.782. The van der Waals surface area contributed by atoms with Gasteiger partial charge in [0.05, 0.1) is 37.4 Å². The Hall–Kier alpha value is -1.18. The smallest absolute Gasteiger partial charge is 0.132 e. The highest BCUT2D eigenvalue weighted by Crippen LogP contribution is 2.33. The largest absolute Gasteiger partial charge is 0.497 e. The monoisotopic (exact) mass is 488 g/mol. The first-order valence-corrected chi connectivity index (χ1v) is 12.2. The lowest BCUT2D eigenvalue weighted by molar-refractivity contribution is 0.402. The van der Waals surface area contributed by atoms with Crippen LogP contribution in [0.25, 0.3) is 0 Å². The summed E-state index contributed by atoms with van der Waals surface area (Å²) in [7, 11) is 4.47. The van der Waals surface area contributed by atoms with E-state index in [-0.39, 0.29) is 0 Å². The molecule has 2 rings (SSSR count). The van der Waals surface area contributed by atoms with Gasteiger partial charge >= 0.3 is 0 Å². The summed E-state index contributed by atoms with van der Waals surface area (Å²) in [6.07, 6.45) is 0. The summed E-state index contributed by atoms with van der Waals surface area (Å²) in [5, 5.41) is 2.22. The Morgan fingerprint density at radius 2 is 1.00 bits per heavy atom. The van der Waals surface area contributed by atoms with Crippen LogP contribution >= 0.6 is 31.9 Å². The number of ether oxygens (including phenoxy) is 4. The number of benzene rings is 2. The van der Waals surface area contributed by atoms with Gasteiger partial charge < -0.3 is 18.9 Å². The molecule has 0 aliphatic carbocycles. The van der Waals surface area contributed by atoms with Gasteiger partial charge in [-0.15, -0.1) is 0 Å². The maximum Gasteiger partial charge on any atom is 0.132 e. The minimum atomic E-state index is -2.21. The maximum absolute atomic E-state index is 5.69. The third kappa shape index (κ3) is 3.83. The van der Waals surface area contributed by atoms with Crippen molar-refractivity contribution in [2.75, 3.05) is 28.4 Å². The van der Waals surface area contributed by atoms with Gasteiger partial charge in [-0.05, 0) is 66.5 Å². The third-order valence-electron chi connectivity index (χ3n) is 4.26. The second-order valence-corrected chi connectivity index (χ2v) is 12.0. The van der Waals surface area contributed by atoms with Crippen LogP contribution in [0.15, 0.2) is 33.2 Å². The van der Waals surface area contributed by atoms with Gasteiger partial charge in [-0.3, -0.25) is 0 Å². The van der Waals surface area contributed by atoms with Crippen LogP contribution in [-0.2, 0) is 0 Å². The molecule has 0 aliphatic heterocycles. The third-order valence-corrected chi connectivity index (χ3v) is 8.87. The van der Waals surface area contributed by atoms with Gasteiger partial charge in [0.1, 0.15) is 31.1 Å². The Labute approximate surface area is 166 Å². The molecule has 0 unspecified atom stereocenters. The van der Waals surface area contributed by atoms with Crippen molar-refractivity contribution in [1.29, 1.82) is 0 Å². The van der Waals surface area contributed by atoms with E-state index in [9.17, 15) is 0 Å². The van der Waals surface area contributed by atoms with Gasteiger partial charge in [0, 0.05) is 0 Å². The van der Waals surface area contributed by atoms with E-state index in [1.165, 1.54) is 0 Å². The molecule has 0 saturated heterocycles. The fraction of sp³-hybridized carbons (Fsp3) is 0.333. The number of hydrogen-bond donors (Lipinski definition) is 0. The Kier molecular flexibility index (Phi) is 6.45. The van der Waals surface area contributed by atoms with Crippen molar-refractivity contribution in [2.45, 2.75) is 13.1 Å². The van der Waals surface area contributed by atoms with E-state index in [0.29, 0.717) is 0 Å². The SMILES string of the molecule is COc1cc(Br)c(OC)c([Si](C)(C)c2cc(OC)cc(Br)c2OC)c1. The van der Waals surface area contributed by atoms with Crippen molar-refractivity contribution in [1.82, 2.24) is 0 Å². The average molecular weight is 490 g/mol. The Balaban J connectivity index is 2.79. The zero-order valence-corrected chi connectivity index (χ0v) is 19.4. The van der Waals surface area contributed by atoms with Crippen LogP contribution in [0.3, 0.4) is 0 Å². The molecule has 0 aliphatic rings. The van der Waals surface area contributed by atoms with Crippen LogP contribution in [0.5, 0.6) is 23.0 Å². The molecule has 4 nitrogen and oxygen atoms in total. The van der Waals surface area contributed by atoms with Crippen LogP contribution in [0.4, 0.5) is 0 Å². The summed E-state index contributed by atoms with van der Waals surface area (Å²) in [6, 6.07) is 7.91. The van der Waals surface area contributed by atoms with Gasteiger partial charge in [-0.2, -0.15) is 0 Å². The van der Waals surface area contributed by atoms with Crippen molar-refractivity contribution in [2.24, 2.45) is 0 Å². The molecule has 0 spiro atoms. The fourth-order valence-corrected chi connectivity index (χ4v) is 7.33. The van der Waals surface area contributed by atoms with E-state index in [0.717, 1.165) is 42.3 Å². The zero-order valence-electron chi connectivity index (χ0n) is 15.2. The highest BCUT2D eigenvalue weighted by Gasteiger charge is 2.35. The van der Waals surface area contributed by atoms with Gasteiger partial charge in [-0.1, -0.05) is 13.1 Å². The van der Waals surface area contributed by atoms with Crippen LogP contribution < -0.4 is 29.3 Å². The number of halogens is 2. The van der Waals surface area contributed by atoms with Crippen molar-refractivity contribution in [3.8, 4) is 23.0 Å². The molecular weight excluding hydrogens is 468 g/mol. The Morgan fingerprint density at radius 3 is 1.28 bits per heavy atom. The molecule has 0 radical (unpaired) electrons. The van der Waals surface area contributed by atoms with Gasteiger partial charge in [-0.25, -0.2) is 0 Å². The number of rotatable bonds is 6. The molecule has 0 fully saturated rings. The van der Waals surface area contributed by atoms with E-state index in [4.69, 9.17) is 18.9 Å². The second kappa shape index (κ2) is 8.01. The molecule has 0 bridgehead atoms. The Bertz CT molecular complexity index is 715.